The lowest BCUT2D eigenvalue weighted by Gasteiger charge is -2.33. The highest BCUT2D eigenvalue weighted by atomic mass is 32.2. The van der Waals surface area contributed by atoms with E-state index in [1.54, 1.807) is 18.7 Å². The number of carbonyl (C=O) groups is 1. The third-order valence-electron chi connectivity index (χ3n) is 3.71. The molecule has 0 radical (unpaired) electrons. The van der Waals surface area contributed by atoms with E-state index in [1.807, 2.05) is 19.4 Å². The highest BCUT2D eigenvalue weighted by Crippen LogP contribution is 2.25. The zero-order chi connectivity index (χ0) is 15.2. The van der Waals surface area contributed by atoms with Crippen LogP contribution in [0.1, 0.15) is 19.8 Å². The van der Waals surface area contributed by atoms with Gasteiger partial charge in [-0.05, 0) is 25.0 Å². The Morgan fingerprint density at radius 3 is 2.71 bits per heavy atom. The molecule has 0 aromatic carbocycles. The van der Waals surface area contributed by atoms with Crippen LogP contribution in [0.4, 0.5) is 11.6 Å². The molecule has 0 spiro atoms. The monoisotopic (exact) mass is 309 g/mol. The molecule has 0 atom stereocenters. The second kappa shape index (κ2) is 7.49. The van der Waals surface area contributed by atoms with E-state index in [0.717, 1.165) is 49.3 Å². The zero-order valence-electron chi connectivity index (χ0n) is 12.8. The third kappa shape index (κ3) is 4.49. The van der Waals surface area contributed by atoms with Crippen molar-refractivity contribution in [3.8, 4) is 0 Å². The van der Waals surface area contributed by atoms with Crippen molar-refractivity contribution in [2.45, 2.75) is 24.9 Å². The molecule has 2 N–H and O–H groups in total. The average molecular weight is 309 g/mol. The van der Waals surface area contributed by atoms with Gasteiger partial charge in [-0.3, -0.25) is 4.79 Å². The molecule has 7 heteroatoms. The summed E-state index contributed by atoms with van der Waals surface area (Å²) in [6.07, 6.45) is 4.14. The van der Waals surface area contributed by atoms with E-state index in [4.69, 9.17) is 0 Å². The van der Waals surface area contributed by atoms with Crippen LogP contribution in [0.3, 0.4) is 0 Å². The number of piperidine rings is 1. The molecule has 1 aromatic heterocycles. The van der Waals surface area contributed by atoms with Crippen molar-refractivity contribution in [1.82, 2.24) is 15.3 Å². The number of rotatable bonds is 5. The summed E-state index contributed by atoms with van der Waals surface area (Å²) in [6, 6.07) is 1.99. The van der Waals surface area contributed by atoms with Crippen LogP contribution in [0.2, 0.25) is 0 Å². The molecule has 1 amide bonds. The molecule has 2 rings (SSSR count). The Morgan fingerprint density at radius 1 is 1.43 bits per heavy atom. The van der Waals surface area contributed by atoms with Gasteiger partial charge in [-0.25, -0.2) is 9.97 Å². The Bertz CT molecular complexity index is 466. The van der Waals surface area contributed by atoms with Gasteiger partial charge in [0.15, 0.2) is 5.16 Å². The minimum absolute atomic E-state index is 0.0523. The topological polar surface area (TPSA) is 70.2 Å². The number of nitrogens with one attached hydrogen (secondary N) is 2. The SMILES string of the molecule is CNc1cc(N2CCC(CNC(C)=O)CC2)nc(SC)n1. The molecule has 21 heavy (non-hydrogen) atoms. The van der Waals surface area contributed by atoms with E-state index in [1.165, 1.54) is 0 Å². The molecule has 1 aliphatic heterocycles. The van der Waals surface area contributed by atoms with Crippen LogP contribution in [0.25, 0.3) is 0 Å². The number of carbonyl (C=O) groups excluding carboxylic acids is 1. The predicted molar refractivity (Wildman–Crippen MR) is 87.0 cm³/mol. The first-order chi connectivity index (χ1) is 10.1. The Balaban J connectivity index is 1.96. The molecule has 0 saturated carbocycles. The molecular weight excluding hydrogens is 286 g/mol. The van der Waals surface area contributed by atoms with Gasteiger partial charge in [0.2, 0.25) is 5.91 Å². The van der Waals surface area contributed by atoms with Gasteiger partial charge in [-0.2, -0.15) is 0 Å². The lowest BCUT2D eigenvalue weighted by molar-refractivity contribution is -0.119. The molecule has 1 fully saturated rings. The van der Waals surface area contributed by atoms with Crippen molar-refractivity contribution in [3.05, 3.63) is 6.07 Å². The Hall–Kier alpha value is -1.50. The van der Waals surface area contributed by atoms with Crippen molar-refractivity contribution >= 4 is 29.3 Å². The van der Waals surface area contributed by atoms with Gasteiger partial charge in [-0.15, -0.1) is 0 Å². The highest BCUT2D eigenvalue weighted by molar-refractivity contribution is 7.98. The standard InChI is InChI=1S/C14H23N5OS/c1-10(20)16-9-11-4-6-19(7-5-11)13-8-12(15-2)17-14(18-13)21-3/h8,11H,4-7,9H2,1-3H3,(H,16,20)(H,15,17,18). The van der Waals surface area contributed by atoms with Crippen LogP contribution in [0.5, 0.6) is 0 Å². The van der Waals surface area contributed by atoms with Crippen LogP contribution in [-0.4, -0.2) is 48.8 Å². The first-order valence-electron chi connectivity index (χ1n) is 7.22. The average Bonchev–Trinajstić information content (AvgIpc) is 2.52. The van der Waals surface area contributed by atoms with Crippen molar-refractivity contribution in [2.24, 2.45) is 5.92 Å². The minimum Gasteiger partial charge on any atom is -0.373 e. The number of aromatic nitrogens is 2. The summed E-state index contributed by atoms with van der Waals surface area (Å²) >= 11 is 1.55. The van der Waals surface area contributed by atoms with Crippen molar-refractivity contribution in [2.75, 3.05) is 43.2 Å². The minimum atomic E-state index is 0.0523. The molecule has 1 aliphatic rings. The van der Waals surface area contributed by atoms with Crippen molar-refractivity contribution in [1.29, 1.82) is 0 Å². The summed E-state index contributed by atoms with van der Waals surface area (Å²) in [4.78, 5) is 22.3. The van der Waals surface area contributed by atoms with E-state index < -0.39 is 0 Å². The van der Waals surface area contributed by atoms with Crippen LogP contribution < -0.4 is 15.5 Å². The van der Waals surface area contributed by atoms with Gasteiger partial charge in [-0.1, -0.05) is 11.8 Å². The first-order valence-corrected chi connectivity index (χ1v) is 8.45. The van der Waals surface area contributed by atoms with Crippen molar-refractivity contribution < 1.29 is 4.79 Å². The molecule has 0 bridgehead atoms. The Morgan fingerprint density at radius 2 is 2.14 bits per heavy atom. The Labute approximate surface area is 130 Å². The van der Waals surface area contributed by atoms with Crippen LogP contribution >= 0.6 is 11.8 Å². The van der Waals surface area contributed by atoms with Gasteiger partial charge in [0.1, 0.15) is 11.6 Å². The lowest BCUT2D eigenvalue weighted by Crippen LogP contribution is -2.38. The fourth-order valence-electron chi connectivity index (χ4n) is 2.45. The summed E-state index contributed by atoms with van der Waals surface area (Å²) < 4.78 is 0. The Kier molecular flexibility index (Phi) is 5.67. The quantitative estimate of drug-likeness (QED) is 0.636. The number of hydrogen-bond acceptors (Lipinski definition) is 6. The maximum atomic E-state index is 11.0. The zero-order valence-corrected chi connectivity index (χ0v) is 13.7. The molecular formula is C14H23N5OS. The number of amides is 1. The molecule has 6 nitrogen and oxygen atoms in total. The number of thioether (sulfide) groups is 1. The summed E-state index contributed by atoms with van der Waals surface area (Å²) in [7, 11) is 1.87. The van der Waals surface area contributed by atoms with E-state index >= 15 is 0 Å². The number of hydrogen-bond donors (Lipinski definition) is 2. The maximum Gasteiger partial charge on any atom is 0.216 e. The van der Waals surface area contributed by atoms with Crippen LogP contribution in [-0.2, 0) is 4.79 Å². The van der Waals surface area contributed by atoms with E-state index in [2.05, 4.69) is 25.5 Å². The van der Waals surface area contributed by atoms with Crippen LogP contribution in [0.15, 0.2) is 11.2 Å². The number of nitrogens with zero attached hydrogens (tertiary/aromatic N) is 3. The molecule has 1 saturated heterocycles. The van der Waals surface area contributed by atoms with E-state index in [-0.39, 0.29) is 5.91 Å². The summed E-state index contributed by atoms with van der Waals surface area (Å²) in [5.74, 6) is 2.45. The first kappa shape index (κ1) is 15.9. The maximum absolute atomic E-state index is 11.0. The second-order valence-electron chi connectivity index (χ2n) is 5.22. The molecule has 0 aliphatic carbocycles. The normalized spacial score (nSPS) is 15.9. The van der Waals surface area contributed by atoms with E-state index in [9.17, 15) is 4.79 Å². The largest absolute Gasteiger partial charge is 0.373 e. The molecule has 116 valence electrons. The van der Waals surface area contributed by atoms with Gasteiger partial charge in [0.05, 0.1) is 0 Å². The second-order valence-corrected chi connectivity index (χ2v) is 5.99. The predicted octanol–water partition coefficient (Wildman–Crippen LogP) is 1.59. The fraction of sp³-hybridized carbons (Fsp3) is 0.643. The van der Waals surface area contributed by atoms with Crippen LogP contribution in [0, 0.1) is 5.92 Å². The van der Waals surface area contributed by atoms with E-state index in [0.29, 0.717) is 5.92 Å². The van der Waals surface area contributed by atoms with Gasteiger partial charge in [0, 0.05) is 39.7 Å². The summed E-state index contributed by atoms with van der Waals surface area (Å²) in [6.45, 7) is 4.29. The molecule has 0 unspecified atom stereocenters. The summed E-state index contributed by atoms with van der Waals surface area (Å²) in [5, 5.41) is 6.78. The highest BCUT2D eigenvalue weighted by Gasteiger charge is 2.21. The summed E-state index contributed by atoms with van der Waals surface area (Å²) in [5.41, 5.74) is 0. The third-order valence-corrected chi connectivity index (χ3v) is 4.26. The number of anilines is 2. The fourth-order valence-corrected chi connectivity index (χ4v) is 2.82. The molecule has 2 heterocycles. The smallest absolute Gasteiger partial charge is 0.216 e. The molecule has 1 aromatic rings. The van der Waals surface area contributed by atoms with Crippen molar-refractivity contribution in [3.63, 3.8) is 0 Å². The van der Waals surface area contributed by atoms with Gasteiger partial charge < -0.3 is 15.5 Å². The van der Waals surface area contributed by atoms with Gasteiger partial charge >= 0.3 is 0 Å². The van der Waals surface area contributed by atoms with Gasteiger partial charge in [0.25, 0.3) is 0 Å². The lowest BCUT2D eigenvalue weighted by atomic mass is 9.97.